The van der Waals surface area contributed by atoms with Crippen molar-refractivity contribution >= 4 is 33.6 Å². The average Bonchev–Trinajstić information content (AvgIpc) is 3.14. The molecule has 0 bridgehead atoms. The predicted octanol–water partition coefficient (Wildman–Crippen LogP) is 3.92. The number of carbonyl (C=O) groups excluding carboxylic acids is 1. The number of hydrogen-bond acceptors (Lipinski definition) is 6. The van der Waals surface area contributed by atoms with E-state index >= 15 is 0 Å². The molecule has 37 heavy (non-hydrogen) atoms. The van der Waals surface area contributed by atoms with Gasteiger partial charge in [0.2, 0.25) is 0 Å². The van der Waals surface area contributed by atoms with Crippen molar-refractivity contribution in [3.8, 4) is 11.1 Å². The van der Waals surface area contributed by atoms with Crippen molar-refractivity contribution in [2.45, 2.75) is 13.0 Å². The van der Waals surface area contributed by atoms with Crippen LogP contribution in [0.15, 0.2) is 77.7 Å². The number of esters is 1. The molecule has 3 aromatic carbocycles. The van der Waals surface area contributed by atoms with Crippen LogP contribution in [0, 0.1) is 0 Å². The number of anilines is 1. The summed E-state index contributed by atoms with van der Waals surface area (Å²) in [7, 11) is 3.32. The largest absolute Gasteiger partial charge is 0.463 e. The fraction of sp³-hybridized carbons (Fsp3) is 0.207. The van der Waals surface area contributed by atoms with E-state index in [1.54, 1.807) is 29.5 Å². The number of carbonyl (C=O) groups is 1. The lowest BCUT2D eigenvalue weighted by molar-refractivity contribution is -0.144. The lowest BCUT2D eigenvalue weighted by Gasteiger charge is -2.11. The third kappa shape index (κ3) is 4.83. The normalized spacial score (nSPS) is 11.3. The highest BCUT2D eigenvalue weighted by Crippen LogP contribution is 2.29. The first-order valence-electron chi connectivity index (χ1n) is 12.0. The van der Waals surface area contributed by atoms with Crippen molar-refractivity contribution in [3.63, 3.8) is 0 Å². The molecular weight excluding hydrogens is 468 g/mol. The Morgan fingerprint density at radius 3 is 2.51 bits per heavy atom. The van der Waals surface area contributed by atoms with Gasteiger partial charge in [0.15, 0.2) is 0 Å². The minimum atomic E-state index is -0.331. The van der Waals surface area contributed by atoms with E-state index < -0.39 is 0 Å². The molecule has 2 aromatic heterocycles. The summed E-state index contributed by atoms with van der Waals surface area (Å²) in [6, 6.07) is 21.6. The summed E-state index contributed by atoms with van der Waals surface area (Å²) in [6.07, 6.45) is 1.82. The fourth-order valence-electron chi connectivity index (χ4n) is 4.61. The van der Waals surface area contributed by atoms with Crippen molar-refractivity contribution < 1.29 is 14.3 Å². The molecule has 5 rings (SSSR count). The number of imidazole rings is 1. The van der Waals surface area contributed by atoms with Gasteiger partial charge in [-0.3, -0.25) is 13.9 Å². The number of hydrogen-bond donors (Lipinski definition) is 1. The summed E-state index contributed by atoms with van der Waals surface area (Å²) in [6.45, 7) is 0.886. The first-order chi connectivity index (χ1) is 18.0. The monoisotopic (exact) mass is 496 g/mol. The maximum absolute atomic E-state index is 13.3. The highest BCUT2D eigenvalue weighted by molar-refractivity contribution is 5.95. The Hall–Kier alpha value is -4.43. The van der Waals surface area contributed by atoms with Gasteiger partial charge < -0.3 is 15.2 Å². The molecule has 5 aromatic rings. The zero-order chi connectivity index (χ0) is 25.9. The first kappa shape index (κ1) is 24.3. The van der Waals surface area contributed by atoms with Crippen LogP contribution in [0.1, 0.15) is 11.1 Å². The van der Waals surface area contributed by atoms with E-state index in [0.29, 0.717) is 19.0 Å². The summed E-state index contributed by atoms with van der Waals surface area (Å²) in [4.78, 5) is 29.8. The molecule has 2 N–H and O–H groups in total. The van der Waals surface area contributed by atoms with Gasteiger partial charge in [0.25, 0.3) is 0 Å². The zero-order valence-corrected chi connectivity index (χ0v) is 20.8. The van der Waals surface area contributed by atoms with Crippen LogP contribution in [0.25, 0.3) is 32.9 Å². The van der Waals surface area contributed by atoms with Gasteiger partial charge >= 0.3 is 11.7 Å². The number of aryl methyl sites for hydroxylation is 1. The van der Waals surface area contributed by atoms with Crippen molar-refractivity contribution in [1.82, 2.24) is 14.1 Å². The number of aromatic nitrogens is 3. The van der Waals surface area contributed by atoms with E-state index in [4.69, 9.17) is 15.2 Å². The number of nitrogen functional groups attached to an aromatic ring is 1. The first-order valence-corrected chi connectivity index (χ1v) is 12.0. The highest BCUT2D eigenvalue weighted by atomic mass is 16.6. The molecule has 0 saturated heterocycles. The summed E-state index contributed by atoms with van der Waals surface area (Å²) in [5, 5.41) is 1.91. The Kier molecular flexibility index (Phi) is 6.74. The Morgan fingerprint density at radius 1 is 0.946 bits per heavy atom. The number of methoxy groups -OCH3 is 1. The average molecular weight is 497 g/mol. The van der Waals surface area contributed by atoms with Gasteiger partial charge in [0, 0.05) is 25.7 Å². The van der Waals surface area contributed by atoms with Crippen molar-refractivity contribution in [2.24, 2.45) is 7.05 Å². The molecule has 0 unspecified atom stereocenters. The summed E-state index contributed by atoms with van der Waals surface area (Å²) >= 11 is 0. The van der Waals surface area contributed by atoms with E-state index in [1.165, 1.54) is 0 Å². The summed E-state index contributed by atoms with van der Waals surface area (Å²) in [5.74, 6) is 0.150. The van der Waals surface area contributed by atoms with Crippen molar-refractivity contribution in [3.05, 3.63) is 94.5 Å². The second-order valence-electron chi connectivity index (χ2n) is 8.92. The molecule has 8 heteroatoms. The maximum atomic E-state index is 13.3. The van der Waals surface area contributed by atoms with Crippen LogP contribution in [0.5, 0.6) is 0 Å². The lowest BCUT2D eigenvalue weighted by Crippen LogP contribution is -2.23. The van der Waals surface area contributed by atoms with Crippen LogP contribution >= 0.6 is 0 Å². The van der Waals surface area contributed by atoms with Gasteiger partial charge in [0.05, 0.1) is 30.6 Å². The van der Waals surface area contributed by atoms with E-state index in [1.807, 2.05) is 66.7 Å². The number of benzene rings is 3. The van der Waals surface area contributed by atoms with Crippen LogP contribution in [-0.2, 0) is 34.3 Å². The van der Waals surface area contributed by atoms with Crippen LogP contribution in [-0.4, -0.2) is 40.4 Å². The Balaban J connectivity index is 1.52. The second kappa shape index (κ2) is 10.3. The molecule has 0 atom stereocenters. The van der Waals surface area contributed by atoms with Crippen LogP contribution < -0.4 is 11.4 Å². The molecule has 0 aliphatic rings. The van der Waals surface area contributed by atoms with E-state index in [0.717, 1.165) is 44.1 Å². The Morgan fingerprint density at radius 2 is 1.70 bits per heavy atom. The van der Waals surface area contributed by atoms with Gasteiger partial charge in [-0.1, -0.05) is 42.5 Å². The van der Waals surface area contributed by atoms with Gasteiger partial charge in [0.1, 0.15) is 12.4 Å². The molecule has 0 radical (unpaired) electrons. The van der Waals surface area contributed by atoms with Gasteiger partial charge in [-0.15, -0.1) is 0 Å². The van der Waals surface area contributed by atoms with Crippen LogP contribution in [0.3, 0.4) is 0 Å². The number of rotatable bonds is 8. The Labute approximate surface area is 213 Å². The third-order valence-electron chi connectivity index (χ3n) is 6.61. The smallest absolute Gasteiger partial charge is 0.329 e. The topological polar surface area (TPSA) is 101 Å². The highest BCUT2D eigenvalue weighted by Gasteiger charge is 2.16. The molecule has 0 spiro atoms. The Bertz CT molecular complexity index is 1670. The predicted molar refractivity (Wildman–Crippen MR) is 144 cm³/mol. The van der Waals surface area contributed by atoms with E-state index in [2.05, 4.69) is 4.98 Å². The molecule has 8 nitrogen and oxygen atoms in total. The van der Waals surface area contributed by atoms with Crippen molar-refractivity contribution in [1.29, 1.82) is 0 Å². The number of pyridine rings is 1. The molecule has 188 valence electrons. The fourth-order valence-corrected chi connectivity index (χ4v) is 4.61. The standard InChI is InChI=1S/C29H28N4O4/c1-32-25-10-9-22(21-8-7-19-11-12-31-28(30)24(19)15-21)16-26(25)33(29(32)35)18-23-6-4-3-5-20(23)17-27(34)37-14-13-36-2/h3-12,15-16H,13-14,17-18H2,1-2H3,(H2,30,31). The molecule has 0 amide bonds. The van der Waals surface area contributed by atoms with Crippen LogP contribution in [0.4, 0.5) is 5.82 Å². The third-order valence-corrected chi connectivity index (χ3v) is 6.61. The minimum Gasteiger partial charge on any atom is -0.463 e. The summed E-state index contributed by atoms with van der Waals surface area (Å²) in [5.41, 5.74) is 11.3. The SMILES string of the molecule is COCCOC(=O)Cc1ccccc1Cn1c(=O)n(C)c2ccc(-c3ccc4ccnc(N)c4c3)cc21. The zero-order valence-electron chi connectivity index (χ0n) is 20.8. The maximum Gasteiger partial charge on any atom is 0.329 e. The van der Waals surface area contributed by atoms with Gasteiger partial charge in [-0.2, -0.15) is 0 Å². The molecule has 2 heterocycles. The number of fused-ring (bicyclic) bond motifs is 2. The quantitative estimate of drug-likeness (QED) is 0.258. The molecule has 0 saturated carbocycles. The minimum absolute atomic E-state index is 0.122. The number of ether oxygens (including phenoxy) is 2. The second-order valence-corrected chi connectivity index (χ2v) is 8.92. The van der Waals surface area contributed by atoms with Gasteiger partial charge in [-0.25, -0.2) is 9.78 Å². The molecule has 0 fully saturated rings. The number of nitrogens with two attached hydrogens (primary N) is 1. The lowest BCUT2D eigenvalue weighted by atomic mass is 10.0. The summed E-state index contributed by atoms with van der Waals surface area (Å²) < 4.78 is 13.6. The molecule has 0 aliphatic carbocycles. The number of nitrogens with zero attached hydrogens (tertiary/aromatic N) is 3. The van der Waals surface area contributed by atoms with Crippen LogP contribution in [0.2, 0.25) is 0 Å². The van der Waals surface area contributed by atoms with E-state index in [-0.39, 0.29) is 24.7 Å². The molecular formula is C29H28N4O4. The van der Waals surface area contributed by atoms with Gasteiger partial charge in [-0.05, 0) is 51.9 Å². The molecule has 0 aliphatic heterocycles. The van der Waals surface area contributed by atoms with E-state index in [9.17, 15) is 9.59 Å². The van der Waals surface area contributed by atoms with Crippen molar-refractivity contribution in [2.75, 3.05) is 26.1 Å².